The lowest BCUT2D eigenvalue weighted by Crippen LogP contribution is -3.00. The maximum Gasteiger partial charge on any atom is 0.358 e. The first-order valence-corrected chi connectivity index (χ1v) is 12.6. The third-order valence-corrected chi connectivity index (χ3v) is 7.57. The molecule has 186 valence electrons. The number of fused-ring (bicyclic) bond motifs is 3. The molecule has 5 rings (SSSR count). The van der Waals surface area contributed by atoms with Crippen molar-refractivity contribution in [3.8, 4) is 0 Å². The third kappa shape index (κ3) is 5.67. The quantitative estimate of drug-likeness (QED) is 0.306. The van der Waals surface area contributed by atoms with E-state index in [0.29, 0.717) is 11.3 Å². The molecule has 0 atom stereocenters. The number of quaternary nitrogens is 1. The van der Waals surface area contributed by atoms with Crippen molar-refractivity contribution in [2.24, 2.45) is 0 Å². The van der Waals surface area contributed by atoms with Crippen LogP contribution in [0.15, 0.2) is 47.0 Å². The van der Waals surface area contributed by atoms with Gasteiger partial charge < -0.3 is 30.7 Å². The Morgan fingerprint density at radius 1 is 1.06 bits per heavy atom. The Morgan fingerprint density at radius 3 is 2.51 bits per heavy atom. The van der Waals surface area contributed by atoms with Gasteiger partial charge in [-0.05, 0) is 42.9 Å². The first-order valence-electron chi connectivity index (χ1n) is 12.6. The van der Waals surface area contributed by atoms with Crippen LogP contribution in [-0.4, -0.2) is 47.6 Å². The SMILES string of the molecule is C[N+]1(Cc2ccccc2)CCC(OC(=O)C(=N)c2noc3ccc4c(c23)CCCCCC4)CC1.[Br-]. The zero-order valence-corrected chi connectivity index (χ0v) is 22.0. The zero-order valence-electron chi connectivity index (χ0n) is 20.4. The van der Waals surface area contributed by atoms with Gasteiger partial charge in [0, 0.05) is 18.4 Å². The van der Waals surface area contributed by atoms with E-state index in [1.54, 1.807) is 0 Å². The Bertz CT molecular complexity index is 1180. The normalized spacial score (nSPS) is 22.4. The van der Waals surface area contributed by atoms with Crippen LogP contribution in [0.25, 0.3) is 11.0 Å². The second-order valence-corrected chi connectivity index (χ2v) is 10.2. The maximum atomic E-state index is 13.0. The summed E-state index contributed by atoms with van der Waals surface area (Å²) in [6, 6.07) is 14.6. The van der Waals surface area contributed by atoms with Crippen molar-refractivity contribution in [1.29, 1.82) is 5.41 Å². The molecule has 7 heteroatoms. The number of rotatable bonds is 5. The van der Waals surface area contributed by atoms with E-state index in [0.717, 1.165) is 61.6 Å². The van der Waals surface area contributed by atoms with Crippen molar-refractivity contribution in [2.75, 3.05) is 20.1 Å². The number of carbonyl (C=O) groups is 1. The lowest BCUT2D eigenvalue weighted by molar-refractivity contribution is -0.927. The Hall–Kier alpha value is -2.51. The highest BCUT2D eigenvalue weighted by Gasteiger charge is 2.33. The highest BCUT2D eigenvalue weighted by atomic mass is 79.9. The second-order valence-electron chi connectivity index (χ2n) is 10.2. The number of hydrogen-bond acceptors (Lipinski definition) is 5. The van der Waals surface area contributed by atoms with Crippen LogP contribution < -0.4 is 17.0 Å². The fraction of sp³-hybridized carbons (Fsp3) is 0.464. The van der Waals surface area contributed by atoms with Crippen molar-refractivity contribution in [3.63, 3.8) is 0 Å². The predicted octanol–water partition coefficient (Wildman–Crippen LogP) is 2.21. The molecule has 1 fully saturated rings. The lowest BCUT2D eigenvalue weighted by atomic mass is 9.90. The molecule has 3 aromatic rings. The topological polar surface area (TPSA) is 76.2 Å². The molecule has 35 heavy (non-hydrogen) atoms. The highest BCUT2D eigenvalue weighted by Crippen LogP contribution is 2.31. The van der Waals surface area contributed by atoms with Crippen LogP contribution in [0.4, 0.5) is 0 Å². The number of benzene rings is 2. The maximum absolute atomic E-state index is 13.0. The summed E-state index contributed by atoms with van der Waals surface area (Å²) < 4.78 is 12.3. The largest absolute Gasteiger partial charge is 1.00 e. The molecule has 0 saturated carbocycles. The van der Waals surface area contributed by atoms with Crippen molar-refractivity contribution in [1.82, 2.24) is 5.16 Å². The zero-order chi connectivity index (χ0) is 23.5. The minimum absolute atomic E-state index is 0. The van der Waals surface area contributed by atoms with E-state index in [2.05, 4.69) is 42.5 Å². The van der Waals surface area contributed by atoms with E-state index in [-0.39, 0.29) is 28.8 Å². The number of piperidine rings is 1. The molecule has 1 aliphatic heterocycles. The monoisotopic (exact) mass is 539 g/mol. The average molecular weight is 541 g/mol. The number of halogens is 1. The fourth-order valence-corrected chi connectivity index (χ4v) is 5.58. The van der Waals surface area contributed by atoms with Crippen LogP contribution in [0, 0.1) is 5.41 Å². The fourth-order valence-electron chi connectivity index (χ4n) is 5.58. The summed E-state index contributed by atoms with van der Waals surface area (Å²) >= 11 is 0. The second kappa shape index (κ2) is 11.0. The third-order valence-electron chi connectivity index (χ3n) is 7.57. The molecule has 2 aliphatic rings. The number of carbonyl (C=O) groups excluding carboxylic acids is 1. The van der Waals surface area contributed by atoms with E-state index in [1.165, 1.54) is 36.0 Å². The summed E-state index contributed by atoms with van der Waals surface area (Å²) in [6.07, 6.45) is 8.14. The first kappa shape index (κ1) is 25.6. The van der Waals surface area contributed by atoms with E-state index in [4.69, 9.17) is 14.7 Å². The Labute approximate surface area is 217 Å². The number of likely N-dealkylation sites (tertiary alicyclic amines) is 1. The van der Waals surface area contributed by atoms with Crippen molar-refractivity contribution < 1.29 is 35.5 Å². The van der Waals surface area contributed by atoms with Crippen LogP contribution >= 0.6 is 0 Å². The molecule has 6 nitrogen and oxygen atoms in total. The summed E-state index contributed by atoms with van der Waals surface area (Å²) in [5, 5.41) is 13.6. The van der Waals surface area contributed by atoms with Gasteiger partial charge in [-0.25, -0.2) is 4.79 Å². The lowest BCUT2D eigenvalue weighted by Gasteiger charge is -2.40. The van der Waals surface area contributed by atoms with Crippen LogP contribution in [0.1, 0.15) is 60.9 Å². The van der Waals surface area contributed by atoms with E-state index < -0.39 is 5.97 Å². The molecule has 1 aliphatic carbocycles. The molecule has 0 bridgehead atoms. The summed E-state index contributed by atoms with van der Waals surface area (Å²) in [5.74, 6) is -0.595. The molecule has 2 heterocycles. The van der Waals surface area contributed by atoms with Crippen molar-refractivity contribution in [2.45, 2.75) is 64.0 Å². The van der Waals surface area contributed by atoms with Crippen LogP contribution in [0.5, 0.6) is 0 Å². The minimum atomic E-state index is -0.595. The number of nitrogens with zero attached hydrogens (tertiary/aromatic N) is 2. The molecule has 0 spiro atoms. The number of esters is 1. The Balaban J connectivity index is 0.00000289. The Morgan fingerprint density at radius 2 is 1.77 bits per heavy atom. The van der Waals surface area contributed by atoms with Gasteiger partial charge in [-0.3, -0.25) is 5.41 Å². The summed E-state index contributed by atoms with van der Waals surface area (Å²) in [4.78, 5) is 13.0. The number of nitrogens with one attached hydrogen (secondary N) is 1. The number of aryl methyl sites for hydroxylation is 2. The van der Waals surface area contributed by atoms with Crippen LogP contribution in [0.2, 0.25) is 0 Å². The molecule has 0 amide bonds. The van der Waals surface area contributed by atoms with Crippen molar-refractivity contribution >= 4 is 22.7 Å². The molecule has 1 saturated heterocycles. The van der Waals surface area contributed by atoms with Gasteiger partial charge >= 0.3 is 5.97 Å². The van der Waals surface area contributed by atoms with Crippen LogP contribution in [0.3, 0.4) is 0 Å². The van der Waals surface area contributed by atoms with Gasteiger partial charge in [0.15, 0.2) is 11.3 Å². The predicted molar refractivity (Wildman–Crippen MR) is 132 cm³/mol. The van der Waals surface area contributed by atoms with Gasteiger partial charge in [0.2, 0.25) is 0 Å². The van der Waals surface area contributed by atoms with Gasteiger partial charge in [-0.1, -0.05) is 54.4 Å². The molecular weight excluding hydrogens is 506 g/mol. The van der Waals surface area contributed by atoms with Gasteiger partial charge in [0.05, 0.1) is 25.5 Å². The minimum Gasteiger partial charge on any atom is -1.00 e. The molecule has 0 unspecified atom stereocenters. The summed E-state index contributed by atoms with van der Waals surface area (Å²) in [5.41, 5.74) is 4.60. The van der Waals surface area contributed by atoms with E-state index in [1.807, 2.05) is 12.1 Å². The molecule has 1 N–H and O–H groups in total. The van der Waals surface area contributed by atoms with E-state index in [9.17, 15) is 4.79 Å². The Kier molecular flexibility index (Phi) is 8.07. The van der Waals surface area contributed by atoms with Crippen molar-refractivity contribution in [3.05, 3.63) is 64.8 Å². The number of ether oxygens (including phenoxy) is 1. The molecule has 0 radical (unpaired) electrons. The van der Waals surface area contributed by atoms with Gasteiger partial charge in [0.25, 0.3) is 0 Å². The number of hydrogen-bond donors (Lipinski definition) is 1. The first-order chi connectivity index (χ1) is 16.5. The van der Waals surface area contributed by atoms with Crippen LogP contribution in [-0.2, 0) is 28.9 Å². The molecular formula is C28H34BrN3O3. The van der Waals surface area contributed by atoms with Gasteiger partial charge in [-0.15, -0.1) is 0 Å². The number of aromatic nitrogens is 1. The summed E-state index contributed by atoms with van der Waals surface area (Å²) in [7, 11) is 2.27. The van der Waals surface area contributed by atoms with Gasteiger partial charge in [-0.2, -0.15) is 0 Å². The molecule has 2 aromatic carbocycles. The average Bonchev–Trinajstić information content (AvgIpc) is 3.25. The van der Waals surface area contributed by atoms with E-state index >= 15 is 0 Å². The standard InChI is InChI=1S/C28H34N3O3.BrH/c1-31(19-20-9-5-4-6-10-20)17-15-22(16-18-31)33-28(32)26(29)27-25-23-12-8-3-2-7-11-21(23)13-14-24(25)34-30-27;/h4-6,9-10,13-14,22,29H,2-3,7-8,11-12,15-19H2,1H3;1H/q+1;/p-1. The smallest absolute Gasteiger partial charge is 0.358 e. The van der Waals surface area contributed by atoms with Gasteiger partial charge in [0.1, 0.15) is 18.3 Å². The highest BCUT2D eigenvalue weighted by molar-refractivity contribution is 6.43. The molecule has 1 aromatic heterocycles. The summed E-state index contributed by atoms with van der Waals surface area (Å²) in [6.45, 7) is 2.87.